The maximum absolute atomic E-state index is 12.8. The molecule has 5 rings (SSSR count). The molecule has 0 fully saturated rings. The van der Waals surface area contributed by atoms with E-state index in [2.05, 4.69) is 15.0 Å². The first-order valence-electron chi connectivity index (χ1n) is 10.0. The number of carbonyl (C=O) groups is 2. The second-order valence-corrected chi connectivity index (χ2v) is 8.10. The molecule has 0 unspecified atom stereocenters. The number of para-hydroxylation sites is 2. The van der Waals surface area contributed by atoms with Crippen molar-refractivity contribution in [2.75, 3.05) is 11.9 Å². The van der Waals surface area contributed by atoms with Gasteiger partial charge in [-0.1, -0.05) is 36.4 Å². The summed E-state index contributed by atoms with van der Waals surface area (Å²) < 4.78 is 2.09. The predicted molar refractivity (Wildman–Crippen MR) is 125 cm³/mol. The molecule has 0 saturated carbocycles. The Hall–Kier alpha value is -3.71. The largest absolute Gasteiger partial charge is 0.351 e. The normalized spacial score (nSPS) is 11.3. The lowest BCUT2D eigenvalue weighted by Crippen LogP contribution is -2.27. The molecule has 154 valence electrons. The second kappa shape index (κ2) is 7.85. The quantitative estimate of drug-likeness (QED) is 0.423. The van der Waals surface area contributed by atoms with E-state index in [1.54, 1.807) is 11.4 Å². The number of hydrogen-bond acceptors (Lipinski definition) is 4. The number of rotatable bonds is 5. The lowest BCUT2D eigenvalue weighted by atomic mass is 10.1. The molecule has 0 bridgehead atoms. The van der Waals surface area contributed by atoms with Gasteiger partial charge < -0.3 is 10.6 Å². The van der Waals surface area contributed by atoms with Gasteiger partial charge in [0.25, 0.3) is 5.91 Å². The molecule has 7 heteroatoms. The van der Waals surface area contributed by atoms with Crippen molar-refractivity contribution in [3.05, 3.63) is 76.7 Å². The molecule has 2 amide bonds. The zero-order valence-electron chi connectivity index (χ0n) is 16.9. The number of thiophene rings is 1. The Labute approximate surface area is 182 Å². The van der Waals surface area contributed by atoms with Gasteiger partial charge in [0.2, 0.25) is 5.91 Å². The van der Waals surface area contributed by atoms with Gasteiger partial charge in [-0.2, -0.15) is 11.3 Å². The van der Waals surface area contributed by atoms with E-state index < -0.39 is 0 Å². The number of benzene rings is 2. The minimum Gasteiger partial charge on any atom is -0.351 e. The number of amides is 2. The number of aryl methyl sites for hydroxylation is 1. The fourth-order valence-corrected chi connectivity index (χ4v) is 4.58. The molecule has 0 aliphatic heterocycles. The molecule has 6 nitrogen and oxygen atoms in total. The molecule has 31 heavy (non-hydrogen) atoms. The first-order chi connectivity index (χ1) is 15.1. The number of fused-ring (bicyclic) bond motifs is 5. The number of carbonyl (C=O) groups excluding carboxylic acids is 2. The van der Waals surface area contributed by atoms with E-state index in [1.807, 2.05) is 60.8 Å². The fourth-order valence-electron chi connectivity index (χ4n) is 3.94. The smallest absolute Gasteiger partial charge is 0.252 e. The summed E-state index contributed by atoms with van der Waals surface area (Å²) in [6.07, 6.45) is 0.184. The van der Waals surface area contributed by atoms with Gasteiger partial charge in [-0.05, 0) is 30.5 Å². The van der Waals surface area contributed by atoms with Gasteiger partial charge in [0, 0.05) is 34.7 Å². The number of aromatic nitrogens is 2. The van der Waals surface area contributed by atoms with Gasteiger partial charge in [-0.25, -0.2) is 4.98 Å². The van der Waals surface area contributed by atoms with Crippen molar-refractivity contribution in [3.8, 4) is 0 Å². The molecule has 0 atom stereocenters. The lowest BCUT2D eigenvalue weighted by molar-refractivity contribution is -0.116. The third kappa shape index (κ3) is 3.43. The molecule has 0 aliphatic rings. The molecule has 2 aromatic carbocycles. The minimum absolute atomic E-state index is 0.151. The number of anilines is 1. The molecule has 0 aliphatic carbocycles. The average Bonchev–Trinajstić information content (AvgIpc) is 3.42. The molecule has 3 aromatic heterocycles. The van der Waals surface area contributed by atoms with E-state index in [9.17, 15) is 9.59 Å². The molecule has 2 N–H and O–H groups in total. The van der Waals surface area contributed by atoms with Crippen molar-refractivity contribution in [1.82, 2.24) is 14.7 Å². The van der Waals surface area contributed by atoms with E-state index in [1.165, 1.54) is 11.3 Å². The fraction of sp³-hybridized carbons (Fsp3) is 0.125. The number of nitrogens with zero attached hydrogens (tertiary/aromatic N) is 2. The highest BCUT2D eigenvalue weighted by Crippen LogP contribution is 2.36. The van der Waals surface area contributed by atoms with Crippen LogP contribution in [0.2, 0.25) is 0 Å². The average molecular weight is 429 g/mol. The predicted octanol–water partition coefficient (Wildman–Crippen LogP) is 4.77. The SMILES string of the molecule is Cc1nc2ccccc2c2c(NC(=O)CCNC(=O)c3ccsc3)c3ccccc3n12. The molecule has 0 saturated heterocycles. The summed E-state index contributed by atoms with van der Waals surface area (Å²) in [7, 11) is 0. The third-order valence-electron chi connectivity index (χ3n) is 5.33. The Balaban J connectivity index is 1.48. The third-order valence-corrected chi connectivity index (χ3v) is 6.01. The van der Waals surface area contributed by atoms with Gasteiger partial charge >= 0.3 is 0 Å². The highest BCUT2D eigenvalue weighted by atomic mass is 32.1. The van der Waals surface area contributed by atoms with Crippen LogP contribution in [0.15, 0.2) is 65.4 Å². The zero-order chi connectivity index (χ0) is 21.4. The van der Waals surface area contributed by atoms with Gasteiger partial charge in [0.1, 0.15) is 5.82 Å². The Morgan fingerprint density at radius 2 is 1.81 bits per heavy atom. The van der Waals surface area contributed by atoms with Crippen LogP contribution in [0.3, 0.4) is 0 Å². The van der Waals surface area contributed by atoms with Crippen LogP contribution in [-0.2, 0) is 4.79 Å². The van der Waals surface area contributed by atoms with Crippen LogP contribution in [0.1, 0.15) is 22.6 Å². The monoisotopic (exact) mass is 428 g/mol. The van der Waals surface area contributed by atoms with Crippen LogP contribution < -0.4 is 10.6 Å². The molecule has 5 aromatic rings. The summed E-state index contributed by atoms with van der Waals surface area (Å²) in [6.45, 7) is 2.24. The van der Waals surface area contributed by atoms with E-state index in [0.717, 1.165) is 38.8 Å². The van der Waals surface area contributed by atoms with Crippen LogP contribution in [0.4, 0.5) is 5.69 Å². The van der Waals surface area contributed by atoms with Gasteiger partial charge in [0.05, 0.1) is 22.2 Å². The van der Waals surface area contributed by atoms with Crippen molar-refractivity contribution in [2.24, 2.45) is 0 Å². The van der Waals surface area contributed by atoms with Crippen molar-refractivity contribution in [2.45, 2.75) is 13.3 Å². The first kappa shape index (κ1) is 19.3. The maximum Gasteiger partial charge on any atom is 0.252 e. The van der Waals surface area contributed by atoms with Crippen LogP contribution >= 0.6 is 11.3 Å². The zero-order valence-corrected chi connectivity index (χ0v) is 17.7. The molecule has 3 heterocycles. The maximum atomic E-state index is 12.8. The molecular formula is C24H20N4O2S. The Bertz CT molecular complexity index is 1440. The van der Waals surface area contributed by atoms with Crippen LogP contribution in [0.5, 0.6) is 0 Å². The van der Waals surface area contributed by atoms with Crippen LogP contribution in [0, 0.1) is 6.92 Å². The highest BCUT2D eigenvalue weighted by molar-refractivity contribution is 7.08. The highest BCUT2D eigenvalue weighted by Gasteiger charge is 2.18. The summed E-state index contributed by atoms with van der Waals surface area (Å²) in [5, 5.41) is 11.5. The topological polar surface area (TPSA) is 75.5 Å². The van der Waals surface area contributed by atoms with E-state index in [0.29, 0.717) is 5.56 Å². The van der Waals surface area contributed by atoms with E-state index in [4.69, 9.17) is 4.98 Å². The summed E-state index contributed by atoms with van der Waals surface area (Å²) >= 11 is 1.47. The number of nitrogens with one attached hydrogen (secondary N) is 2. The Kier molecular flexibility index (Phi) is 4.88. The molecule has 0 radical (unpaired) electrons. The van der Waals surface area contributed by atoms with Crippen LogP contribution in [0.25, 0.3) is 27.3 Å². The van der Waals surface area contributed by atoms with Crippen molar-refractivity contribution >= 4 is 56.2 Å². The van der Waals surface area contributed by atoms with E-state index in [-0.39, 0.29) is 24.8 Å². The van der Waals surface area contributed by atoms with Crippen LogP contribution in [-0.4, -0.2) is 27.7 Å². The van der Waals surface area contributed by atoms with Crippen molar-refractivity contribution in [3.63, 3.8) is 0 Å². The first-order valence-corrected chi connectivity index (χ1v) is 11.0. The Morgan fingerprint density at radius 1 is 1.03 bits per heavy atom. The Morgan fingerprint density at radius 3 is 2.61 bits per heavy atom. The summed E-state index contributed by atoms with van der Waals surface area (Å²) in [5.41, 5.74) is 4.19. The van der Waals surface area contributed by atoms with Crippen molar-refractivity contribution < 1.29 is 9.59 Å². The van der Waals surface area contributed by atoms with Crippen molar-refractivity contribution in [1.29, 1.82) is 0 Å². The lowest BCUT2D eigenvalue weighted by Gasteiger charge is -2.09. The van der Waals surface area contributed by atoms with Gasteiger partial charge in [-0.3, -0.25) is 14.0 Å². The molecule has 0 spiro atoms. The number of hydrogen-bond donors (Lipinski definition) is 2. The standard InChI is InChI=1S/C24H20N4O2S/c1-15-26-19-8-4-2-6-17(19)23-22(18-7-3-5-9-20(18)28(15)23)27-21(29)10-12-25-24(30)16-11-13-31-14-16/h2-9,11,13-14H,10,12H2,1H3,(H,25,30)(H,27,29). The minimum atomic E-state index is -0.165. The molecular weight excluding hydrogens is 408 g/mol. The van der Waals surface area contributed by atoms with E-state index >= 15 is 0 Å². The summed E-state index contributed by atoms with van der Waals surface area (Å²) in [4.78, 5) is 29.6. The summed E-state index contributed by atoms with van der Waals surface area (Å²) in [5.74, 6) is 0.539. The second-order valence-electron chi connectivity index (χ2n) is 7.32. The van der Waals surface area contributed by atoms with Gasteiger partial charge in [0.15, 0.2) is 0 Å². The van der Waals surface area contributed by atoms with Gasteiger partial charge in [-0.15, -0.1) is 0 Å². The summed E-state index contributed by atoms with van der Waals surface area (Å²) in [6, 6.07) is 17.7.